The van der Waals surface area contributed by atoms with Gasteiger partial charge in [0.2, 0.25) is 0 Å². The normalized spacial score (nSPS) is 10.9. The van der Waals surface area contributed by atoms with Crippen molar-refractivity contribution in [1.29, 1.82) is 0 Å². The minimum absolute atomic E-state index is 0. The van der Waals surface area contributed by atoms with E-state index in [0.717, 1.165) is 17.0 Å². The summed E-state index contributed by atoms with van der Waals surface area (Å²) in [7, 11) is 3.62. The quantitative estimate of drug-likeness (QED) is 0.259. The van der Waals surface area contributed by atoms with Crippen LogP contribution in [0.5, 0.6) is 0 Å². The van der Waals surface area contributed by atoms with Crippen molar-refractivity contribution in [3.05, 3.63) is 77.5 Å². The van der Waals surface area contributed by atoms with E-state index < -0.39 is 0 Å². The van der Waals surface area contributed by atoms with Gasteiger partial charge in [-0.15, -0.1) is 24.0 Å². The number of nitrogens with zero attached hydrogens (tertiary/aromatic N) is 3. The van der Waals surface area contributed by atoms with Gasteiger partial charge in [-0.05, 0) is 35.9 Å². The predicted molar refractivity (Wildman–Crippen MR) is 122 cm³/mol. The van der Waals surface area contributed by atoms with Crippen LogP contribution in [0.15, 0.2) is 64.3 Å². The molecular weight excluding hydrogens is 483 g/mol. The van der Waals surface area contributed by atoms with Crippen LogP contribution in [0.2, 0.25) is 0 Å². The molecule has 154 valence electrons. The molecule has 0 bridgehead atoms. The predicted octanol–water partition coefficient (Wildman–Crippen LogP) is 2.43. The number of furan rings is 1. The smallest absolute Gasteiger partial charge is 0.251 e. The maximum absolute atomic E-state index is 12.3. The summed E-state index contributed by atoms with van der Waals surface area (Å²) in [6, 6.07) is 13.0. The van der Waals surface area contributed by atoms with Crippen LogP contribution in [0, 0.1) is 0 Å². The summed E-state index contributed by atoms with van der Waals surface area (Å²) in [4.78, 5) is 16.6. The third-order valence-corrected chi connectivity index (χ3v) is 4.24. The van der Waals surface area contributed by atoms with Crippen LogP contribution in [-0.4, -0.2) is 28.7 Å². The van der Waals surface area contributed by atoms with Gasteiger partial charge < -0.3 is 20.4 Å². The first-order valence-corrected chi connectivity index (χ1v) is 8.96. The number of nitrogens with one attached hydrogen (secondary N) is 3. The molecular formula is C20H25IN6O2. The van der Waals surface area contributed by atoms with E-state index in [4.69, 9.17) is 4.42 Å². The Balaban J connectivity index is 0.00000300. The van der Waals surface area contributed by atoms with E-state index in [0.29, 0.717) is 31.2 Å². The van der Waals surface area contributed by atoms with Gasteiger partial charge in [0, 0.05) is 32.4 Å². The lowest BCUT2D eigenvalue weighted by atomic mass is 10.1. The number of aromatic nitrogens is 2. The van der Waals surface area contributed by atoms with Crippen LogP contribution in [-0.2, 0) is 26.7 Å². The van der Waals surface area contributed by atoms with E-state index in [9.17, 15) is 4.79 Å². The van der Waals surface area contributed by atoms with Crippen molar-refractivity contribution >= 4 is 35.8 Å². The highest BCUT2D eigenvalue weighted by Crippen LogP contribution is 2.06. The number of aryl methyl sites for hydroxylation is 1. The van der Waals surface area contributed by atoms with Crippen LogP contribution >= 0.6 is 24.0 Å². The second kappa shape index (κ2) is 11.2. The summed E-state index contributed by atoms with van der Waals surface area (Å²) in [5.41, 5.74) is 2.64. The molecule has 0 atom stereocenters. The number of amides is 1. The van der Waals surface area contributed by atoms with E-state index in [1.807, 2.05) is 42.1 Å². The van der Waals surface area contributed by atoms with Crippen LogP contribution < -0.4 is 16.0 Å². The van der Waals surface area contributed by atoms with Gasteiger partial charge in [-0.25, -0.2) is 0 Å². The molecule has 3 N–H and O–H groups in total. The fourth-order valence-electron chi connectivity index (χ4n) is 2.66. The van der Waals surface area contributed by atoms with E-state index in [1.165, 1.54) is 0 Å². The topological polar surface area (TPSA) is 96.5 Å². The van der Waals surface area contributed by atoms with Gasteiger partial charge in [0.1, 0.15) is 5.76 Å². The van der Waals surface area contributed by atoms with Crippen molar-refractivity contribution in [3.8, 4) is 0 Å². The van der Waals surface area contributed by atoms with Crippen molar-refractivity contribution in [1.82, 2.24) is 25.7 Å². The maximum Gasteiger partial charge on any atom is 0.251 e. The molecule has 0 spiro atoms. The zero-order valence-electron chi connectivity index (χ0n) is 16.4. The Labute approximate surface area is 186 Å². The lowest BCUT2D eigenvalue weighted by molar-refractivity contribution is 0.0948. The van der Waals surface area contributed by atoms with Gasteiger partial charge >= 0.3 is 0 Å². The second-order valence-corrected chi connectivity index (χ2v) is 6.19. The van der Waals surface area contributed by atoms with Crippen LogP contribution in [0.3, 0.4) is 0 Å². The van der Waals surface area contributed by atoms with Gasteiger partial charge in [-0.3, -0.25) is 14.5 Å². The highest BCUT2D eigenvalue weighted by atomic mass is 127. The fourth-order valence-corrected chi connectivity index (χ4v) is 2.66. The second-order valence-electron chi connectivity index (χ2n) is 6.19. The molecule has 1 amide bonds. The molecule has 9 heteroatoms. The molecule has 0 unspecified atom stereocenters. The van der Waals surface area contributed by atoms with E-state index >= 15 is 0 Å². The molecule has 0 fully saturated rings. The van der Waals surface area contributed by atoms with Crippen LogP contribution in [0.25, 0.3) is 0 Å². The lowest BCUT2D eigenvalue weighted by Crippen LogP contribution is -2.36. The van der Waals surface area contributed by atoms with E-state index in [-0.39, 0.29) is 29.9 Å². The number of carbonyl (C=O) groups is 1. The molecule has 2 aromatic heterocycles. The molecule has 29 heavy (non-hydrogen) atoms. The molecule has 0 aliphatic heterocycles. The van der Waals surface area contributed by atoms with Gasteiger partial charge in [-0.1, -0.05) is 12.1 Å². The standard InChI is InChI=1S/C20H24N6O2.HI/c1-21-20(24-13-17-8-9-25-26(17)2)23-12-15-5-3-6-16(11-15)19(27)22-14-18-7-4-10-28-18;/h3-11H,12-14H2,1-2H3,(H,22,27)(H2,21,23,24);1H. The Kier molecular flexibility index (Phi) is 8.71. The number of benzene rings is 1. The summed E-state index contributed by atoms with van der Waals surface area (Å²) < 4.78 is 7.04. The SMILES string of the molecule is CN=C(NCc1cccc(C(=O)NCc2ccco2)c1)NCc1ccnn1C.I. The van der Waals surface area contributed by atoms with E-state index in [2.05, 4.69) is 26.0 Å². The molecule has 0 radical (unpaired) electrons. The first kappa shape index (κ1) is 22.5. The van der Waals surface area contributed by atoms with Gasteiger partial charge in [-0.2, -0.15) is 5.10 Å². The number of aliphatic imine (C=N–C) groups is 1. The number of rotatable bonds is 7. The number of halogens is 1. The Morgan fingerprint density at radius 2 is 1.93 bits per heavy atom. The molecule has 3 rings (SSSR count). The van der Waals surface area contributed by atoms with Gasteiger partial charge in [0.15, 0.2) is 5.96 Å². The van der Waals surface area contributed by atoms with Crippen molar-refractivity contribution < 1.29 is 9.21 Å². The Hall–Kier alpha value is -2.82. The molecule has 0 aliphatic rings. The highest BCUT2D eigenvalue weighted by molar-refractivity contribution is 14.0. The molecule has 3 aromatic rings. The molecule has 0 saturated heterocycles. The zero-order chi connectivity index (χ0) is 19.8. The highest BCUT2D eigenvalue weighted by Gasteiger charge is 2.08. The van der Waals surface area contributed by atoms with Crippen molar-refractivity contribution in [2.45, 2.75) is 19.6 Å². The van der Waals surface area contributed by atoms with Gasteiger partial charge in [0.25, 0.3) is 5.91 Å². The van der Waals surface area contributed by atoms with Crippen molar-refractivity contribution in [2.75, 3.05) is 7.05 Å². The number of guanidine groups is 1. The number of hydrogen-bond acceptors (Lipinski definition) is 4. The molecule has 1 aromatic carbocycles. The number of hydrogen-bond donors (Lipinski definition) is 3. The third-order valence-electron chi connectivity index (χ3n) is 4.24. The first-order valence-electron chi connectivity index (χ1n) is 8.96. The van der Waals surface area contributed by atoms with Crippen molar-refractivity contribution in [2.24, 2.45) is 12.0 Å². The monoisotopic (exact) mass is 508 g/mol. The molecule has 8 nitrogen and oxygen atoms in total. The van der Waals surface area contributed by atoms with Crippen molar-refractivity contribution in [3.63, 3.8) is 0 Å². The summed E-state index contributed by atoms with van der Waals surface area (Å²) >= 11 is 0. The molecule has 0 aliphatic carbocycles. The largest absolute Gasteiger partial charge is 0.467 e. The Bertz CT molecular complexity index is 936. The van der Waals surface area contributed by atoms with Gasteiger partial charge in [0.05, 0.1) is 25.0 Å². The molecule has 0 saturated carbocycles. The Morgan fingerprint density at radius 1 is 1.10 bits per heavy atom. The maximum atomic E-state index is 12.3. The minimum Gasteiger partial charge on any atom is -0.467 e. The lowest BCUT2D eigenvalue weighted by Gasteiger charge is -2.12. The zero-order valence-corrected chi connectivity index (χ0v) is 18.7. The minimum atomic E-state index is -0.142. The van der Waals surface area contributed by atoms with E-state index in [1.54, 1.807) is 31.6 Å². The summed E-state index contributed by atoms with van der Waals surface area (Å²) in [5.74, 6) is 1.25. The summed E-state index contributed by atoms with van der Waals surface area (Å²) in [5, 5.41) is 13.5. The van der Waals surface area contributed by atoms with Crippen LogP contribution in [0.1, 0.15) is 27.4 Å². The summed E-state index contributed by atoms with van der Waals surface area (Å²) in [6.07, 6.45) is 3.35. The average molecular weight is 508 g/mol. The van der Waals surface area contributed by atoms with Crippen LogP contribution in [0.4, 0.5) is 0 Å². The Morgan fingerprint density at radius 3 is 2.62 bits per heavy atom. The first-order chi connectivity index (χ1) is 13.7. The molecule has 2 heterocycles. The fraction of sp³-hybridized carbons (Fsp3) is 0.250. The average Bonchev–Trinajstić information content (AvgIpc) is 3.38. The third kappa shape index (κ3) is 6.63. The number of carbonyl (C=O) groups excluding carboxylic acids is 1. The summed E-state index contributed by atoms with van der Waals surface area (Å²) in [6.45, 7) is 1.52.